The third kappa shape index (κ3) is 5.59. The molecule has 1 amide bonds. The third-order valence-corrected chi connectivity index (χ3v) is 5.52. The standard InChI is InChI=1S/C26H31FN2O/c1-3-5-16-29(26(30)25(4-2)22-12-7-6-8-13-22)20-24-15-10-17-28(24)19-21-11-9-14-23(27)18-21/h6-15,17-18,25H,3-5,16,19-20H2,1-2H3/t25-/m1/s1. The van der Waals surface area contributed by atoms with Gasteiger partial charge in [0.25, 0.3) is 0 Å². The highest BCUT2D eigenvalue weighted by Crippen LogP contribution is 2.24. The van der Waals surface area contributed by atoms with Gasteiger partial charge in [-0.15, -0.1) is 0 Å². The number of rotatable bonds is 10. The van der Waals surface area contributed by atoms with E-state index in [0.29, 0.717) is 13.1 Å². The summed E-state index contributed by atoms with van der Waals surface area (Å²) in [6.07, 6.45) is 4.78. The Labute approximate surface area is 179 Å². The molecule has 3 rings (SSSR count). The first-order valence-corrected chi connectivity index (χ1v) is 10.8. The van der Waals surface area contributed by atoms with Crippen molar-refractivity contribution in [3.63, 3.8) is 0 Å². The number of carbonyl (C=O) groups excluding carboxylic acids is 1. The van der Waals surface area contributed by atoms with Crippen LogP contribution in [0.2, 0.25) is 0 Å². The minimum absolute atomic E-state index is 0.130. The van der Waals surface area contributed by atoms with Crippen LogP contribution in [-0.2, 0) is 17.9 Å². The molecule has 0 spiro atoms. The molecule has 0 unspecified atom stereocenters. The maximum absolute atomic E-state index is 13.6. The summed E-state index contributed by atoms with van der Waals surface area (Å²) in [7, 11) is 0. The molecule has 3 aromatic rings. The molecule has 0 saturated heterocycles. The monoisotopic (exact) mass is 406 g/mol. The molecule has 158 valence electrons. The topological polar surface area (TPSA) is 25.2 Å². The van der Waals surface area contributed by atoms with Crippen LogP contribution in [0.25, 0.3) is 0 Å². The average molecular weight is 407 g/mol. The molecule has 0 bridgehead atoms. The van der Waals surface area contributed by atoms with Gasteiger partial charge in [0.05, 0.1) is 12.5 Å². The van der Waals surface area contributed by atoms with Gasteiger partial charge in [-0.25, -0.2) is 4.39 Å². The second kappa shape index (κ2) is 10.8. The molecule has 1 heterocycles. The van der Waals surface area contributed by atoms with Crippen LogP contribution >= 0.6 is 0 Å². The maximum atomic E-state index is 13.6. The predicted octanol–water partition coefficient (Wildman–Crippen LogP) is 6.00. The summed E-state index contributed by atoms with van der Waals surface area (Å²) in [5.74, 6) is -0.181. The van der Waals surface area contributed by atoms with Gasteiger partial charge in [-0.05, 0) is 48.2 Å². The number of amides is 1. The smallest absolute Gasteiger partial charge is 0.230 e. The number of aromatic nitrogens is 1. The highest BCUT2D eigenvalue weighted by Gasteiger charge is 2.25. The fourth-order valence-electron chi connectivity index (χ4n) is 3.85. The zero-order chi connectivity index (χ0) is 21.3. The largest absolute Gasteiger partial charge is 0.345 e. The van der Waals surface area contributed by atoms with E-state index in [2.05, 4.69) is 24.5 Å². The molecule has 3 nitrogen and oxygen atoms in total. The van der Waals surface area contributed by atoms with Crippen molar-refractivity contribution in [2.24, 2.45) is 0 Å². The lowest BCUT2D eigenvalue weighted by Crippen LogP contribution is -2.36. The average Bonchev–Trinajstić information content (AvgIpc) is 3.18. The fraction of sp³-hybridized carbons (Fsp3) is 0.346. The minimum atomic E-state index is -0.227. The molecule has 30 heavy (non-hydrogen) atoms. The summed E-state index contributed by atoms with van der Waals surface area (Å²) in [6, 6.07) is 20.8. The van der Waals surface area contributed by atoms with E-state index in [1.54, 1.807) is 12.1 Å². The van der Waals surface area contributed by atoms with Crippen molar-refractivity contribution in [3.8, 4) is 0 Å². The first-order chi connectivity index (χ1) is 14.6. The number of hydrogen-bond donors (Lipinski definition) is 0. The van der Waals surface area contributed by atoms with Gasteiger partial charge in [0.1, 0.15) is 5.82 Å². The van der Waals surface area contributed by atoms with Crippen molar-refractivity contribution < 1.29 is 9.18 Å². The number of hydrogen-bond acceptors (Lipinski definition) is 1. The highest BCUT2D eigenvalue weighted by atomic mass is 19.1. The Hall–Kier alpha value is -2.88. The van der Waals surface area contributed by atoms with Gasteiger partial charge in [0, 0.05) is 25.0 Å². The maximum Gasteiger partial charge on any atom is 0.230 e. The lowest BCUT2D eigenvalue weighted by atomic mass is 9.95. The second-order valence-corrected chi connectivity index (χ2v) is 7.74. The van der Waals surface area contributed by atoms with E-state index in [9.17, 15) is 9.18 Å². The SMILES string of the molecule is CCCCN(Cc1cccn1Cc1cccc(F)c1)C(=O)[C@H](CC)c1ccccc1. The highest BCUT2D eigenvalue weighted by molar-refractivity contribution is 5.83. The third-order valence-electron chi connectivity index (χ3n) is 5.52. The first kappa shape index (κ1) is 21.8. The molecule has 0 fully saturated rings. The summed E-state index contributed by atoms with van der Waals surface area (Å²) in [5, 5.41) is 0. The number of benzene rings is 2. The molecule has 2 aromatic carbocycles. The van der Waals surface area contributed by atoms with Gasteiger partial charge >= 0.3 is 0 Å². The van der Waals surface area contributed by atoms with E-state index in [0.717, 1.165) is 42.6 Å². The normalized spacial score (nSPS) is 12.0. The molecule has 4 heteroatoms. The molecule has 0 saturated carbocycles. The molecular weight excluding hydrogens is 375 g/mol. The van der Waals surface area contributed by atoms with Gasteiger partial charge in [-0.2, -0.15) is 0 Å². The molecule has 1 aromatic heterocycles. The summed E-state index contributed by atoms with van der Waals surface area (Å²) < 4.78 is 15.7. The van der Waals surface area contributed by atoms with Crippen molar-refractivity contribution in [2.45, 2.75) is 52.1 Å². The van der Waals surface area contributed by atoms with Crippen LogP contribution in [0.15, 0.2) is 72.9 Å². The second-order valence-electron chi connectivity index (χ2n) is 7.74. The summed E-state index contributed by atoms with van der Waals surface area (Å²) in [6.45, 7) is 6.10. The summed E-state index contributed by atoms with van der Waals surface area (Å²) in [5.41, 5.74) is 3.04. The van der Waals surface area contributed by atoms with Crippen LogP contribution in [0.3, 0.4) is 0 Å². The van der Waals surface area contributed by atoms with E-state index in [1.165, 1.54) is 6.07 Å². The Bertz CT molecular complexity index is 935. The van der Waals surface area contributed by atoms with Crippen molar-refractivity contribution in [3.05, 3.63) is 95.6 Å². The van der Waals surface area contributed by atoms with Crippen LogP contribution in [-0.4, -0.2) is 21.9 Å². The number of carbonyl (C=O) groups is 1. The Balaban J connectivity index is 1.80. The Morgan fingerprint density at radius 1 is 1.03 bits per heavy atom. The fourth-order valence-corrected chi connectivity index (χ4v) is 3.85. The minimum Gasteiger partial charge on any atom is -0.345 e. The quantitative estimate of drug-likeness (QED) is 0.405. The zero-order valence-corrected chi connectivity index (χ0v) is 17.9. The zero-order valence-electron chi connectivity index (χ0n) is 17.9. The van der Waals surface area contributed by atoms with E-state index < -0.39 is 0 Å². The number of unbranched alkanes of at least 4 members (excludes halogenated alkanes) is 1. The molecular formula is C26H31FN2O. The molecule has 0 aliphatic heterocycles. The van der Waals surface area contributed by atoms with Crippen molar-refractivity contribution in [1.29, 1.82) is 0 Å². The Kier molecular flexibility index (Phi) is 7.83. The van der Waals surface area contributed by atoms with Gasteiger partial charge < -0.3 is 9.47 Å². The van der Waals surface area contributed by atoms with Gasteiger partial charge in [-0.1, -0.05) is 62.7 Å². The lowest BCUT2D eigenvalue weighted by Gasteiger charge is -2.28. The van der Waals surface area contributed by atoms with Crippen molar-refractivity contribution in [1.82, 2.24) is 9.47 Å². The van der Waals surface area contributed by atoms with Crippen LogP contribution in [0.5, 0.6) is 0 Å². The van der Waals surface area contributed by atoms with E-state index in [1.807, 2.05) is 53.6 Å². The van der Waals surface area contributed by atoms with Crippen LogP contribution in [0, 0.1) is 5.82 Å². The predicted molar refractivity (Wildman–Crippen MR) is 120 cm³/mol. The van der Waals surface area contributed by atoms with Crippen LogP contribution in [0.1, 0.15) is 55.8 Å². The molecule has 1 atom stereocenters. The van der Waals surface area contributed by atoms with Crippen LogP contribution in [0.4, 0.5) is 4.39 Å². The molecule has 0 aliphatic carbocycles. The Morgan fingerprint density at radius 3 is 2.53 bits per heavy atom. The Morgan fingerprint density at radius 2 is 1.83 bits per heavy atom. The summed E-state index contributed by atoms with van der Waals surface area (Å²) >= 11 is 0. The van der Waals surface area contributed by atoms with Crippen molar-refractivity contribution in [2.75, 3.05) is 6.54 Å². The van der Waals surface area contributed by atoms with E-state index in [-0.39, 0.29) is 17.6 Å². The van der Waals surface area contributed by atoms with Gasteiger partial charge in [-0.3, -0.25) is 4.79 Å². The van der Waals surface area contributed by atoms with Gasteiger partial charge in [0.2, 0.25) is 5.91 Å². The molecule has 0 N–H and O–H groups in total. The number of nitrogens with zero attached hydrogens (tertiary/aromatic N) is 2. The van der Waals surface area contributed by atoms with E-state index >= 15 is 0 Å². The van der Waals surface area contributed by atoms with Gasteiger partial charge in [0.15, 0.2) is 0 Å². The van der Waals surface area contributed by atoms with Crippen molar-refractivity contribution >= 4 is 5.91 Å². The van der Waals surface area contributed by atoms with E-state index in [4.69, 9.17) is 0 Å². The molecule has 0 radical (unpaired) electrons. The van der Waals surface area contributed by atoms with Crippen LogP contribution < -0.4 is 0 Å². The lowest BCUT2D eigenvalue weighted by molar-refractivity contribution is -0.133. The first-order valence-electron chi connectivity index (χ1n) is 10.8. The number of halogens is 1. The molecule has 0 aliphatic rings. The summed E-state index contributed by atoms with van der Waals surface area (Å²) in [4.78, 5) is 15.5.